The normalized spacial score (nSPS) is 10.2. The van der Waals surface area contributed by atoms with E-state index in [1.165, 1.54) is 0 Å². The molecule has 0 aliphatic carbocycles. The summed E-state index contributed by atoms with van der Waals surface area (Å²) in [5.41, 5.74) is 1.64. The van der Waals surface area contributed by atoms with Crippen LogP contribution in [0, 0.1) is 6.92 Å². The average molecular weight is 222 g/mol. The first-order valence-corrected chi connectivity index (χ1v) is 5.44. The van der Waals surface area contributed by atoms with Crippen molar-refractivity contribution in [3.8, 4) is 5.75 Å². The summed E-state index contributed by atoms with van der Waals surface area (Å²) in [5.74, 6) is 0.574. The second kappa shape index (κ2) is 6.28. The summed E-state index contributed by atoms with van der Waals surface area (Å²) in [5, 5.41) is 0. The first kappa shape index (κ1) is 12.7. The van der Waals surface area contributed by atoms with E-state index in [-0.39, 0.29) is 12.4 Å². The average Bonchev–Trinajstić information content (AvgIpc) is 2.29. The van der Waals surface area contributed by atoms with Gasteiger partial charge in [0, 0.05) is 6.61 Å². The maximum Gasteiger partial charge on any atom is 0.192 e. The van der Waals surface area contributed by atoms with Crippen molar-refractivity contribution in [2.45, 2.75) is 20.3 Å². The minimum absolute atomic E-state index is 0.0333. The van der Waals surface area contributed by atoms with Gasteiger partial charge in [0.25, 0.3) is 0 Å². The molecule has 0 aliphatic rings. The zero-order chi connectivity index (χ0) is 12.0. The minimum atomic E-state index is -0.0333. The highest BCUT2D eigenvalue weighted by atomic mass is 16.5. The summed E-state index contributed by atoms with van der Waals surface area (Å²) in [6, 6.07) is 5.56. The Labute approximate surface area is 96.4 Å². The van der Waals surface area contributed by atoms with Gasteiger partial charge in [0.15, 0.2) is 5.78 Å². The van der Waals surface area contributed by atoms with Gasteiger partial charge in [0.05, 0.1) is 12.7 Å². The number of aryl methyl sites for hydroxylation is 1. The third kappa shape index (κ3) is 3.35. The molecule has 0 heterocycles. The van der Waals surface area contributed by atoms with Crippen molar-refractivity contribution in [2.75, 3.05) is 20.3 Å². The predicted molar refractivity (Wildman–Crippen MR) is 63.2 cm³/mol. The van der Waals surface area contributed by atoms with E-state index in [0.717, 1.165) is 12.0 Å². The molecule has 0 atom stereocenters. The molecule has 1 aromatic carbocycles. The zero-order valence-electron chi connectivity index (χ0n) is 10.1. The number of carbonyl (C=O) groups excluding carboxylic acids is 1. The maximum atomic E-state index is 11.8. The molecule has 1 rings (SSSR count). The Bertz CT molecular complexity index is 358. The summed E-state index contributed by atoms with van der Waals surface area (Å²) in [4.78, 5) is 11.8. The van der Waals surface area contributed by atoms with Gasteiger partial charge in [-0.1, -0.05) is 18.6 Å². The Morgan fingerprint density at radius 2 is 2.12 bits per heavy atom. The fourth-order valence-corrected chi connectivity index (χ4v) is 1.43. The number of hydrogen-bond acceptors (Lipinski definition) is 3. The molecule has 0 bridgehead atoms. The molecule has 0 spiro atoms. The van der Waals surface area contributed by atoms with Gasteiger partial charge in [-0.2, -0.15) is 0 Å². The van der Waals surface area contributed by atoms with Crippen LogP contribution in [-0.2, 0) is 4.74 Å². The van der Waals surface area contributed by atoms with Gasteiger partial charge in [-0.15, -0.1) is 0 Å². The van der Waals surface area contributed by atoms with Crippen molar-refractivity contribution in [2.24, 2.45) is 0 Å². The lowest BCUT2D eigenvalue weighted by Gasteiger charge is -2.08. The lowest BCUT2D eigenvalue weighted by molar-refractivity contribution is 0.0758. The number of carbonyl (C=O) groups is 1. The van der Waals surface area contributed by atoms with Crippen molar-refractivity contribution in [3.63, 3.8) is 0 Å². The molecule has 1 aromatic rings. The van der Waals surface area contributed by atoms with E-state index in [9.17, 15) is 4.79 Å². The van der Waals surface area contributed by atoms with Crippen LogP contribution in [0.1, 0.15) is 29.3 Å². The van der Waals surface area contributed by atoms with Crippen LogP contribution in [0.5, 0.6) is 5.75 Å². The SMILES string of the molecule is CCCOCC(=O)c1cc(C)ccc1OC. The zero-order valence-corrected chi connectivity index (χ0v) is 10.1. The van der Waals surface area contributed by atoms with E-state index in [0.29, 0.717) is 17.9 Å². The molecule has 0 aliphatic heterocycles. The molecular formula is C13H18O3. The quantitative estimate of drug-likeness (QED) is 0.548. The highest BCUT2D eigenvalue weighted by Crippen LogP contribution is 2.20. The van der Waals surface area contributed by atoms with E-state index in [2.05, 4.69) is 0 Å². The monoisotopic (exact) mass is 222 g/mol. The van der Waals surface area contributed by atoms with Crippen molar-refractivity contribution < 1.29 is 14.3 Å². The van der Waals surface area contributed by atoms with Crippen LogP contribution < -0.4 is 4.74 Å². The largest absolute Gasteiger partial charge is 0.496 e. The fourth-order valence-electron chi connectivity index (χ4n) is 1.43. The summed E-state index contributed by atoms with van der Waals surface area (Å²) in [6.45, 7) is 4.69. The van der Waals surface area contributed by atoms with Crippen LogP contribution in [0.3, 0.4) is 0 Å². The van der Waals surface area contributed by atoms with Crippen molar-refractivity contribution in [1.82, 2.24) is 0 Å². The Morgan fingerprint density at radius 3 is 2.75 bits per heavy atom. The highest BCUT2D eigenvalue weighted by molar-refractivity contribution is 5.99. The van der Waals surface area contributed by atoms with Gasteiger partial charge in [-0.05, 0) is 25.5 Å². The van der Waals surface area contributed by atoms with E-state index in [1.54, 1.807) is 7.11 Å². The minimum Gasteiger partial charge on any atom is -0.496 e. The van der Waals surface area contributed by atoms with E-state index in [4.69, 9.17) is 9.47 Å². The molecule has 0 N–H and O–H groups in total. The van der Waals surface area contributed by atoms with Crippen molar-refractivity contribution in [3.05, 3.63) is 29.3 Å². The third-order valence-electron chi connectivity index (χ3n) is 2.24. The van der Waals surface area contributed by atoms with Crippen LogP contribution in [0.4, 0.5) is 0 Å². The number of methoxy groups -OCH3 is 1. The number of ether oxygens (including phenoxy) is 2. The van der Waals surface area contributed by atoms with Gasteiger partial charge in [0.1, 0.15) is 12.4 Å². The molecule has 3 heteroatoms. The molecule has 0 amide bonds. The topological polar surface area (TPSA) is 35.5 Å². The Balaban J connectivity index is 2.76. The Kier molecular flexibility index (Phi) is 4.99. The first-order valence-electron chi connectivity index (χ1n) is 5.44. The smallest absolute Gasteiger partial charge is 0.192 e. The second-order valence-electron chi connectivity index (χ2n) is 3.68. The van der Waals surface area contributed by atoms with Crippen LogP contribution in [0.25, 0.3) is 0 Å². The predicted octanol–water partition coefficient (Wildman–Crippen LogP) is 2.61. The summed E-state index contributed by atoms with van der Waals surface area (Å²) < 4.78 is 10.4. The number of benzene rings is 1. The molecule has 0 saturated carbocycles. The Hall–Kier alpha value is -1.35. The van der Waals surface area contributed by atoms with E-state index in [1.807, 2.05) is 32.0 Å². The number of Topliss-reactive ketones (excluding diaryl/α,β-unsaturated/α-hetero) is 1. The van der Waals surface area contributed by atoms with Crippen LogP contribution in [0.2, 0.25) is 0 Å². The van der Waals surface area contributed by atoms with Gasteiger partial charge in [-0.3, -0.25) is 4.79 Å². The molecule has 0 unspecified atom stereocenters. The number of hydrogen-bond donors (Lipinski definition) is 0. The number of ketones is 1. The van der Waals surface area contributed by atoms with Gasteiger partial charge >= 0.3 is 0 Å². The molecule has 88 valence electrons. The first-order chi connectivity index (χ1) is 7.69. The third-order valence-corrected chi connectivity index (χ3v) is 2.24. The van der Waals surface area contributed by atoms with Crippen LogP contribution >= 0.6 is 0 Å². The number of rotatable bonds is 6. The van der Waals surface area contributed by atoms with Crippen LogP contribution in [-0.4, -0.2) is 26.1 Å². The molecular weight excluding hydrogens is 204 g/mol. The fraction of sp³-hybridized carbons (Fsp3) is 0.462. The molecule has 0 fully saturated rings. The van der Waals surface area contributed by atoms with E-state index >= 15 is 0 Å². The lowest BCUT2D eigenvalue weighted by Crippen LogP contribution is -2.11. The Morgan fingerprint density at radius 1 is 1.38 bits per heavy atom. The molecule has 3 nitrogen and oxygen atoms in total. The standard InChI is InChI=1S/C13H18O3/c1-4-7-16-9-12(14)11-8-10(2)5-6-13(11)15-3/h5-6,8H,4,7,9H2,1-3H3. The molecule has 16 heavy (non-hydrogen) atoms. The lowest BCUT2D eigenvalue weighted by atomic mass is 10.1. The summed E-state index contributed by atoms with van der Waals surface area (Å²) in [7, 11) is 1.56. The van der Waals surface area contributed by atoms with Crippen molar-refractivity contribution in [1.29, 1.82) is 0 Å². The summed E-state index contributed by atoms with van der Waals surface area (Å²) >= 11 is 0. The molecule has 0 radical (unpaired) electrons. The highest BCUT2D eigenvalue weighted by Gasteiger charge is 2.12. The molecule has 0 aromatic heterocycles. The second-order valence-corrected chi connectivity index (χ2v) is 3.68. The summed E-state index contributed by atoms with van der Waals surface area (Å²) in [6.07, 6.45) is 0.915. The van der Waals surface area contributed by atoms with Gasteiger partial charge in [-0.25, -0.2) is 0 Å². The van der Waals surface area contributed by atoms with Gasteiger partial charge < -0.3 is 9.47 Å². The van der Waals surface area contributed by atoms with Crippen LogP contribution in [0.15, 0.2) is 18.2 Å². The maximum absolute atomic E-state index is 11.8. The van der Waals surface area contributed by atoms with Gasteiger partial charge in [0.2, 0.25) is 0 Å². The van der Waals surface area contributed by atoms with E-state index < -0.39 is 0 Å². The van der Waals surface area contributed by atoms with Crippen molar-refractivity contribution >= 4 is 5.78 Å². The molecule has 0 saturated heterocycles.